The van der Waals surface area contributed by atoms with Gasteiger partial charge >= 0.3 is 0 Å². The van der Waals surface area contributed by atoms with Crippen LogP contribution in [0.1, 0.15) is 15.9 Å². The molecule has 128 valence electrons. The number of rotatable bonds is 3. The van der Waals surface area contributed by atoms with Gasteiger partial charge in [0.2, 0.25) is 0 Å². The van der Waals surface area contributed by atoms with Gasteiger partial charge in [0, 0.05) is 30.7 Å². The molecule has 0 bridgehead atoms. The summed E-state index contributed by atoms with van der Waals surface area (Å²) < 4.78 is 14.2. The zero-order chi connectivity index (χ0) is 18.1. The van der Waals surface area contributed by atoms with Gasteiger partial charge in [0.25, 0.3) is 5.91 Å². The number of anilines is 2. The largest absolute Gasteiger partial charge is 0.353 e. The predicted octanol–water partition coefficient (Wildman–Crippen LogP) is 5.39. The standard InChI is InChI=1S/C20H18ClFN2O/c1-12-6-4-7-13-16(23-17-9-5-8-15(21)19(17)22)11-10-14(18(12)13)20(25)24(2)3/h4-11,23H,1-3H3. The fourth-order valence-electron chi connectivity index (χ4n) is 2.86. The first-order valence-electron chi connectivity index (χ1n) is 7.85. The summed E-state index contributed by atoms with van der Waals surface area (Å²) in [7, 11) is 3.44. The second-order valence-corrected chi connectivity index (χ2v) is 6.49. The van der Waals surface area contributed by atoms with E-state index in [0.29, 0.717) is 11.3 Å². The first kappa shape index (κ1) is 17.2. The zero-order valence-electron chi connectivity index (χ0n) is 14.2. The van der Waals surface area contributed by atoms with Crippen molar-refractivity contribution in [1.82, 2.24) is 4.90 Å². The van der Waals surface area contributed by atoms with Gasteiger partial charge < -0.3 is 10.2 Å². The van der Waals surface area contributed by atoms with Gasteiger partial charge in [-0.2, -0.15) is 0 Å². The third kappa shape index (κ3) is 3.17. The van der Waals surface area contributed by atoms with E-state index in [0.717, 1.165) is 22.0 Å². The molecule has 0 aliphatic rings. The maximum atomic E-state index is 14.2. The number of halogens is 2. The molecule has 0 saturated carbocycles. The Balaban J connectivity index is 2.18. The molecule has 0 atom stereocenters. The third-order valence-corrected chi connectivity index (χ3v) is 4.40. The Morgan fingerprint density at radius 2 is 1.76 bits per heavy atom. The maximum absolute atomic E-state index is 14.2. The lowest BCUT2D eigenvalue weighted by Gasteiger charge is -2.17. The van der Waals surface area contributed by atoms with Crippen molar-refractivity contribution >= 4 is 39.7 Å². The molecular formula is C20H18ClFN2O. The molecule has 1 amide bonds. The van der Waals surface area contributed by atoms with Gasteiger partial charge in [-0.3, -0.25) is 4.79 Å². The topological polar surface area (TPSA) is 32.3 Å². The number of carbonyl (C=O) groups excluding carboxylic acids is 1. The van der Waals surface area contributed by atoms with Crippen molar-refractivity contribution in [2.75, 3.05) is 19.4 Å². The number of hydrogen-bond donors (Lipinski definition) is 1. The van der Waals surface area contributed by atoms with E-state index in [9.17, 15) is 9.18 Å². The molecule has 3 aromatic carbocycles. The first-order chi connectivity index (χ1) is 11.9. The second-order valence-electron chi connectivity index (χ2n) is 6.08. The van der Waals surface area contributed by atoms with Crippen LogP contribution in [0.5, 0.6) is 0 Å². The Kier molecular flexibility index (Phi) is 4.64. The summed E-state index contributed by atoms with van der Waals surface area (Å²) >= 11 is 5.86. The van der Waals surface area contributed by atoms with Crippen LogP contribution in [0, 0.1) is 12.7 Å². The molecule has 0 aliphatic carbocycles. The molecule has 5 heteroatoms. The number of aryl methyl sites for hydroxylation is 1. The number of benzene rings is 3. The van der Waals surface area contributed by atoms with Gasteiger partial charge in [-0.05, 0) is 42.1 Å². The number of nitrogens with one attached hydrogen (secondary N) is 1. The normalized spacial score (nSPS) is 10.8. The minimum atomic E-state index is -0.501. The highest BCUT2D eigenvalue weighted by Crippen LogP contribution is 2.33. The zero-order valence-corrected chi connectivity index (χ0v) is 15.0. The molecule has 3 rings (SSSR count). The van der Waals surface area contributed by atoms with Gasteiger partial charge in [-0.1, -0.05) is 35.9 Å². The van der Waals surface area contributed by atoms with Crippen molar-refractivity contribution < 1.29 is 9.18 Å². The lowest BCUT2D eigenvalue weighted by molar-refractivity contribution is 0.0829. The summed E-state index contributed by atoms with van der Waals surface area (Å²) in [5, 5.41) is 4.86. The monoisotopic (exact) mass is 356 g/mol. The molecule has 3 aromatic rings. The Labute approximate surface area is 151 Å². The Morgan fingerprint density at radius 3 is 2.48 bits per heavy atom. The Morgan fingerprint density at radius 1 is 1.04 bits per heavy atom. The van der Waals surface area contributed by atoms with Crippen LogP contribution in [0.2, 0.25) is 5.02 Å². The highest BCUT2D eigenvalue weighted by atomic mass is 35.5. The molecule has 3 nitrogen and oxygen atoms in total. The maximum Gasteiger partial charge on any atom is 0.253 e. The van der Waals surface area contributed by atoms with Crippen molar-refractivity contribution in [3.63, 3.8) is 0 Å². The number of carbonyl (C=O) groups is 1. The Bertz CT molecular complexity index is 969. The van der Waals surface area contributed by atoms with E-state index in [1.54, 1.807) is 43.3 Å². The average molecular weight is 357 g/mol. The minimum absolute atomic E-state index is 0.0601. The summed E-state index contributed by atoms with van der Waals surface area (Å²) in [6, 6.07) is 14.2. The van der Waals surface area contributed by atoms with Crippen LogP contribution in [-0.4, -0.2) is 24.9 Å². The Hall–Kier alpha value is -2.59. The van der Waals surface area contributed by atoms with Gasteiger partial charge in [0.05, 0.1) is 10.7 Å². The van der Waals surface area contributed by atoms with E-state index < -0.39 is 5.82 Å². The summed E-state index contributed by atoms with van der Waals surface area (Å²) in [5.41, 5.74) is 2.62. The summed E-state index contributed by atoms with van der Waals surface area (Å²) in [4.78, 5) is 14.1. The van der Waals surface area contributed by atoms with Crippen molar-refractivity contribution in [1.29, 1.82) is 0 Å². The highest BCUT2D eigenvalue weighted by molar-refractivity contribution is 6.31. The molecular weight excluding hydrogens is 339 g/mol. The molecule has 1 N–H and O–H groups in total. The van der Waals surface area contributed by atoms with Gasteiger partial charge in [0.15, 0.2) is 5.82 Å². The summed E-state index contributed by atoms with van der Waals surface area (Å²) in [6.45, 7) is 1.96. The second kappa shape index (κ2) is 6.73. The SMILES string of the molecule is Cc1cccc2c(Nc3cccc(Cl)c3F)ccc(C(=O)N(C)C)c12. The van der Waals surface area contributed by atoms with Crippen LogP contribution in [0.4, 0.5) is 15.8 Å². The third-order valence-electron chi connectivity index (χ3n) is 4.11. The molecule has 0 aliphatic heterocycles. The van der Waals surface area contributed by atoms with Crippen molar-refractivity contribution in [3.8, 4) is 0 Å². The fourth-order valence-corrected chi connectivity index (χ4v) is 3.04. The van der Waals surface area contributed by atoms with E-state index in [-0.39, 0.29) is 10.9 Å². The lowest BCUT2D eigenvalue weighted by Crippen LogP contribution is -2.22. The van der Waals surface area contributed by atoms with E-state index in [1.165, 1.54) is 6.07 Å². The number of fused-ring (bicyclic) bond motifs is 1. The molecule has 25 heavy (non-hydrogen) atoms. The summed E-state index contributed by atoms with van der Waals surface area (Å²) in [6.07, 6.45) is 0. The van der Waals surface area contributed by atoms with E-state index in [4.69, 9.17) is 11.6 Å². The van der Waals surface area contributed by atoms with E-state index in [1.807, 2.05) is 25.1 Å². The van der Waals surface area contributed by atoms with Crippen molar-refractivity contribution in [2.45, 2.75) is 6.92 Å². The van der Waals surface area contributed by atoms with E-state index >= 15 is 0 Å². The first-order valence-corrected chi connectivity index (χ1v) is 8.23. The molecule has 0 spiro atoms. The predicted molar refractivity (Wildman–Crippen MR) is 101 cm³/mol. The average Bonchev–Trinajstić information content (AvgIpc) is 2.59. The number of amides is 1. The van der Waals surface area contributed by atoms with Crippen LogP contribution in [0.15, 0.2) is 48.5 Å². The van der Waals surface area contributed by atoms with Crippen LogP contribution < -0.4 is 5.32 Å². The van der Waals surface area contributed by atoms with Crippen LogP contribution >= 0.6 is 11.6 Å². The van der Waals surface area contributed by atoms with Crippen LogP contribution in [0.3, 0.4) is 0 Å². The molecule has 0 fully saturated rings. The number of nitrogens with zero attached hydrogens (tertiary/aromatic N) is 1. The summed E-state index contributed by atoms with van der Waals surface area (Å²) in [5.74, 6) is -0.571. The quantitative estimate of drug-likeness (QED) is 0.682. The fraction of sp³-hybridized carbons (Fsp3) is 0.150. The van der Waals surface area contributed by atoms with Gasteiger partial charge in [-0.25, -0.2) is 4.39 Å². The smallest absolute Gasteiger partial charge is 0.253 e. The molecule has 0 heterocycles. The van der Waals surface area contributed by atoms with Crippen LogP contribution in [-0.2, 0) is 0 Å². The van der Waals surface area contributed by atoms with Gasteiger partial charge in [-0.15, -0.1) is 0 Å². The molecule has 0 saturated heterocycles. The van der Waals surface area contributed by atoms with Crippen molar-refractivity contribution in [3.05, 3.63) is 70.5 Å². The lowest BCUT2D eigenvalue weighted by atomic mass is 9.97. The molecule has 0 unspecified atom stereocenters. The molecule has 0 radical (unpaired) electrons. The van der Waals surface area contributed by atoms with Crippen LogP contribution in [0.25, 0.3) is 10.8 Å². The van der Waals surface area contributed by atoms with E-state index in [2.05, 4.69) is 5.32 Å². The van der Waals surface area contributed by atoms with Crippen molar-refractivity contribution in [2.24, 2.45) is 0 Å². The van der Waals surface area contributed by atoms with Gasteiger partial charge in [0.1, 0.15) is 0 Å². The highest BCUT2D eigenvalue weighted by Gasteiger charge is 2.16. The molecule has 0 aromatic heterocycles. The number of hydrogen-bond acceptors (Lipinski definition) is 2. The minimum Gasteiger partial charge on any atom is -0.353 e.